The van der Waals surface area contributed by atoms with Gasteiger partial charge in [-0.3, -0.25) is 4.99 Å². The van der Waals surface area contributed by atoms with Gasteiger partial charge in [-0.15, -0.1) is 0 Å². The molecule has 9 heavy (non-hydrogen) atoms. The SMILES string of the molecule is CN=c1snc(C)n1C. The first-order valence-corrected chi connectivity index (χ1v) is 3.45. The van der Waals surface area contributed by atoms with Crippen LogP contribution in [0.2, 0.25) is 0 Å². The maximum atomic E-state index is 4.10. The highest BCUT2D eigenvalue weighted by atomic mass is 32.1. The van der Waals surface area contributed by atoms with Crippen LogP contribution in [-0.4, -0.2) is 16.0 Å². The molecular weight excluding hydrogens is 134 g/mol. The standard InChI is InChI=1S/C5H9N3S/c1-4-7-9-5(6-2)8(4)3/h1-3H3. The average Bonchev–Trinajstić information content (AvgIpc) is 2.15. The zero-order chi connectivity index (χ0) is 6.85. The van der Waals surface area contributed by atoms with Crippen LogP contribution in [0.4, 0.5) is 0 Å². The van der Waals surface area contributed by atoms with Crippen molar-refractivity contribution in [2.24, 2.45) is 12.0 Å². The molecule has 0 N–H and O–H groups in total. The first-order valence-electron chi connectivity index (χ1n) is 2.68. The van der Waals surface area contributed by atoms with Crippen molar-refractivity contribution in [3.05, 3.63) is 10.6 Å². The van der Waals surface area contributed by atoms with Crippen molar-refractivity contribution in [1.82, 2.24) is 8.94 Å². The summed E-state index contributed by atoms with van der Waals surface area (Å²) in [6, 6.07) is 0. The Balaban J connectivity index is 3.37. The highest BCUT2D eigenvalue weighted by Crippen LogP contribution is 1.87. The Morgan fingerprint density at radius 3 is 2.56 bits per heavy atom. The minimum atomic E-state index is 0.965. The van der Waals surface area contributed by atoms with Crippen molar-refractivity contribution in [2.45, 2.75) is 6.92 Å². The molecule has 0 spiro atoms. The van der Waals surface area contributed by atoms with E-state index in [2.05, 4.69) is 9.37 Å². The third kappa shape index (κ3) is 1.03. The molecule has 1 aromatic heterocycles. The van der Waals surface area contributed by atoms with Crippen molar-refractivity contribution in [1.29, 1.82) is 0 Å². The van der Waals surface area contributed by atoms with Gasteiger partial charge in [0.15, 0.2) is 0 Å². The maximum Gasteiger partial charge on any atom is 0.203 e. The normalized spacial score (nSPS) is 12.6. The van der Waals surface area contributed by atoms with Crippen LogP contribution in [0.3, 0.4) is 0 Å². The molecule has 0 aliphatic heterocycles. The second-order valence-corrected chi connectivity index (χ2v) is 2.53. The van der Waals surface area contributed by atoms with Crippen molar-refractivity contribution < 1.29 is 0 Å². The summed E-state index contributed by atoms with van der Waals surface area (Å²) in [6.07, 6.45) is 0. The molecule has 1 rings (SSSR count). The van der Waals surface area contributed by atoms with Crippen LogP contribution in [-0.2, 0) is 7.05 Å². The largest absolute Gasteiger partial charge is 0.307 e. The minimum Gasteiger partial charge on any atom is -0.307 e. The fraction of sp³-hybridized carbons (Fsp3) is 0.600. The number of hydrogen-bond acceptors (Lipinski definition) is 3. The zero-order valence-corrected chi connectivity index (χ0v) is 6.57. The first kappa shape index (κ1) is 6.48. The molecule has 4 heteroatoms. The van der Waals surface area contributed by atoms with E-state index in [1.807, 2.05) is 18.5 Å². The lowest BCUT2D eigenvalue weighted by Gasteiger charge is -1.88. The monoisotopic (exact) mass is 143 g/mol. The van der Waals surface area contributed by atoms with E-state index < -0.39 is 0 Å². The van der Waals surface area contributed by atoms with Crippen LogP contribution in [0, 0.1) is 6.92 Å². The molecule has 50 valence electrons. The zero-order valence-electron chi connectivity index (χ0n) is 5.75. The molecule has 0 unspecified atom stereocenters. The first-order chi connectivity index (χ1) is 4.25. The van der Waals surface area contributed by atoms with Gasteiger partial charge >= 0.3 is 0 Å². The molecule has 0 fully saturated rings. The summed E-state index contributed by atoms with van der Waals surface area (Å²) < 4.78 is 6.06. The second-order valence-electron chi connectivity index (χ2n) is 1.79. The smallest absolute Gasteiger partial charge is 0.203 e. The van der Waals surface area contributed by atoms with E-state index in [0.717, 1.165) is 10.6 Å². The third-order valence-corrected chi connectivity index (χ3v) is 2.20. The van der Waals surface area contributed by atoms with Gasteiger partial charge in [-0.25, -0.2) is 0 Å². The summed E-state index contributed by atoms with van der Waals surface area (Å²) >= 11 is 1.42. The van der Waals surface area contributed by atoms with Crippen LogP contribution in [0.25, 0.3) is 0 Å². The Bertz CT molecular complexity index is 257. The van der Waals surface area contributed by atoms with Gasteiger partial charge in [0.1, 0.15) is 5.82 Å². The molecule has 0 saturated heterocycles. The van der Waals surface area contributed by atoms with Crippen LogP contribution in [0.1, 0.15) is 5.82 Å². The maximum absolute atomic E-state index is 4.10. The van der Waals surface area contributed by atoms with Gasteiger partial charge in [-0.2, -0.15) is 4.37 Å². The molecule has 0 amide bonds. The van der Waals surface area contributed by atoms with Gasteiger partial charge in [0, 0.05) is 25.6 Å². The summed E-state index contributed by atoms with van der Waals surface area (Å²) in [5.74, 6) is 1.01. The van der Waals surface area contributed by atoms with E-state index in [1.165, 1.54) is 11.5 Å². The van der Waals surface area contributed by atoms with Gasteiger partial charge in [-0.1, -0.05) is 0 Å². The van der Waals surface area contributed by atoms with Crippen molar-refractivity contribution in [3.63, 3.8) is 0 Å². The number of nitrogens with zero attached hydrogens (tertiary/aromatic N) is 3. The number of aryl methyl sites for hydroxylation is 1. The van der Waals surface area contributed by atoms with Crippen molar-refractivity contribution >= 4 is 11.5 Å². The van der Waals surface area contributed by atoms with E-state index >= 15 is 0 Å². The molecule has 0 aliphatic rings. The summed E-state index contributed by atoms with van der Waals surface area (Å²) in [5, 5.41) is 0. The molecule has 1 heterocycles. The topological polar surface area (TPSA) is 30.2 Å². The Morgan fingerprint density at radius 2 is 2.33 bits per heavy atom. The molecule has 3 nitrogen and oxygen atoms in total. The fourth-order valence-electron chi connectivity index (χ4n) is 0.559. The van der Waals surface area contributed by atoms with Gasteiger partial charge in [0.05, 0.1) is 0 Å². The van der Waals surface area contributed by atoms with Gasteiger partial charge in [0.2, 0.25) is 4.80 Å². The van der Waals surface area contributed by atoms with Gasteiger partial charge in [-0.05, 0) is 6.92 Å². The third-order valence-electron chi connectivity index (χ3n) is 1.22. The minimum absolute atomic E-state index is 0.965. The van der Waals surface area contributed by atoms with Crippen molar-refractivity contribution in [3.8, 4) is 0 Å². The van der Waals surface area contributed by atoms with E-state index in [0.29, 0.717) is 0 Å². The Morgan fingerprint density at radius 1 is 1.67 bits per heavy atom. The summed E-state index contributed by atoms with van der Waals surface area (Å²) in [4.78, 5) is 4.98. The summed E-state index contributed by atoms with van der Waals surface area (Å²) in [5.41, 5.74) is 0. The lowest BCUT2D eigenvalue weighted by atomic mass is 10.7. The Labute approximate surface area is 57.9 Å². The molecule has 0 radical (unpaired) electrons. The number of aromatic nitrogens is 2. The van der Waals surface area contributed by atoms with Crippen LogP contribution >= 0.6 is 11.5 Å². The van der Waals surface area contributed by atoms with E-state index in [-0.39, 0.29) is 0 Å². The predicted molar refractivity (Wildman–Crippen MR) is 37.3 cm³/mol. The molecule has 1 aromatic rings. The van der Waals surface area contributed by atoms with Crippen LogP contribution < -0.4 is 4.80 Å². The van der Waals surface area contributed by atoms with E-state index in [4.69, 9.17) is 0 Å². The highest BCUT2D eigenvalue weighted by Gasteiger charge is 1.92. The van der Waals surface area contributed by atoms with Crippen molar-refractivity contribution in [2.75, 3.05) is 7.05 Å². The summed E-state index contributed by atoms with van der Waals surface area (Å²) in [6.45, 7) is 1.96. The Kier molecular flexibility index (Phi) is 1.66. The molecule has 0 saturated carbocycles. The quantitative estimate of drug-likeness (QED) is 0.514. The van der Waals surface area contributed by atoms with Gasteiger partial charge in [0.25, 0.3) is 0 Å². The Hall–Kier alpha value is -0.640. The lowest BCUT2D eigenvalue weighted by molar-refractivity contribution is 0.809. The number of hydrogen-bond donors (Lipinski definition) is 0. The summed E-state index contributed by atoms with van der Waals surface area (Å²) in [7, 11) is 3.73. The van der Waals surface area contributed by atoms with Crippen LogP contribution in [0.5, 0.6) is 0 Å². The molecular formula is C5H9N3S. The number of rotatable bonds is 0. The van der Waals surface area contributed by atoms with E-state index in [1.54, 1.807) is 7.05 Å². The fourth-order valence-corrected chi connectivity index (χ4v) is 1.23. The van der Waals surface area contributed by atoms with Crippen LogP contribution in [0.15, 0.2) is 4.99 Å². The average molecular weight is 143 g/mol. The highest BCUT2D eigenvalue weighted by molar-refractivity contribution is 7.02. The lowest BCUT2D eigenvalue weighted by Crippen LogP contribution is -2.10. The second kappa shape index (κ2) is 2.31. The van der Waals surface area contributed by atoms with E-state index in [9.17, 15) is 0 Å². The molecule has 0 aromatic carbocycles. The van der Waals surface area contributed by atoms with Gasteiger partial charge < -0.3 is 4.57 Å². The molecule has 0 aliphatic carbocycles. The molecule has 0 atom stereocenters. The predicted octanol–water partition coefficient (Wildman–Crippen LogP) is 0.321. The molecule has 0 bridgehead atoms.